The summed E-state index contributed by atoms with van der Waals surface area (Å²) < 4.78 is 31.9. The Labute approximate surface area is 201 Å². The van der Waals surface area contributed by atoms with Crippen molar-refractivity contribution in [1.29, 1.82) is 0 Å². The number of hydrogen-bond acceptors (Lipinski definition) is 6. The molecule has 1 heterocycles. The third-order valence-electron chi connectivity index (χ3n) is 6.18. The SMILES string of the molecule is CCOCOCc1cc(Oc2ccc(N(P)C(C)C)cc2)ccc1B1OC(C)(C)C(C)(C)O1. The first kappa shape index (κ1) is 26.0. The van der Waals surface area contributed by atoms with Crippen molar-refractivity contribution in [2.75, 3.05) is 18.1 Å². The molecule has 0 bridgehead atoms. The van der Waals surface area contributed by atoms with E-state index in [1.54, 1.807) is 0 Å². The van der Waals surface area contributed by atoms with Crippen LogP contribution in [0.4, 0.5) is 5.69 Å². The van der Waals surface area contributed by atoms with E-state index >= 15 is 0 Å². The standard InChI is InChI=1S/C25H37BNO5P/c1-8-28-17-29-16-19-15-22(30-21-11-9-20(10-12-21)27(33)18(2)3)13-14-23(19)26-31-24(4,5)25(6,7)32-26/h9-15,18H,8,16-17,33H2,1-7H3. The van der Waals surface area contributed by atoms with Crippen molar-refractivity contribution < 1.29 is 23.5 Å². The highest BCUT2D eigenvalue weighted by atomic mass is 31.0. The van der Waals surface area contributed by atoms with Crippen LogP contribution in [0.2, 0.25) is 0 Å². The molecule has 0 saturated carbocycles. The van der Waals surface area contributed by atoms with Gasteiger partial charge in [0.2, 0.25) is 0 Å². The highest BCUT2D eigenvalue weighted by molar-refractivity contribution is 7.19. The van der Waals surface area contributed by atoms with Gasteiger partial charge in [-0.2, -0.15) is 0 Å². The summed E-state index contributed by atoms with van der Waals surface area (Å²) >= 11 is 0. The van der Waals surface area contributed by atoms with Crippen LogP contribution in [0.1, 0.15) is 54.0 Å². The second-order valence-corrected chi connectivity index (χ2v) is 10.1. The van der Waals surface area contributed by atoms with Crippen LogP contribution in [0.3, 0.4) is 0 Å². The van der Waals surface area contributed by atoms with Crippen molar-refractivity contribution >= 4 is 27.7 Å². The van der Waals surface area contributed by atoms with E-state index in [1.165, 1.54) is 0 Å². The molecule has 1 atom stereocenters. The van der Waals surface area contributed by atoms with Crippen LogP contribution in [-0.2, 0) is 25.4 Å². The average Bonchev–Trinajstić information content (AvgIpc) is 2.98. The van der Waals surface area contributed by atoms with Crippen molar-refractivity contribution in [3.63, 3.8) is 0 Å². The lowest BCUT2D eigenvalue weighted by Crippen LogP contribution is -2.41. The average molecular weight is 473 g/mol. The molecule has 0 spiro atoms. The van der Waals surface area contributed by atoms with Crippen LogP contribution in [0, 0.1) is 0 Å². The van der Waals surface area contributed by atoms with Crippen molar-refractivity contribution in [2.24, 2.45) is 0 Å². The van der Waals surface area contributed by atoms with Gasteiger partial charge in [0.15, 0.2) is 0 Å². The van der Waals surface area contributed by atoms with E-state index in [0.717, 1.165) is 28.2 Å². The Morgan fingerprint density at radius 2 is 1.55 bits per heavy atom. The third kappa shape index (κ3) is 6.29. The second kappa shape index (κ2) is 10.8. The largest absolute Gasteiger partial charge is 0.495 e. The van der Waals surface area contributed by atoms with Gasteiger partial charge in [0.1, 0.15) is 18.3 Å². The highest BCUT2D eigenvalue weighted by Gasteiger charge is 2.52. The van der Waals surface area contributed by atoms with Gasteiger partial charge in [-0.15, -0.1) is 0 Å². The fourth-order valence-corrected chi connectivity index (χ4v) is 3.56. The number of rotatable bonds is 10. The highest BCUT2D eigenvalue weighted by Crippen LogP contribution is 2.37. The summed E-state index contributed by atoms with van der Waals surface area (Å²) in [5, 5.41) is 0. The maximum absolute atomic E-state index is 6.27. The first-order valence-corrected chi connectivity index (χ1v) is 12.0. The lowest BCUT2D eigenvalue weighted by Gasteiger charge is -2.32. The summed E-state index contributed by atoms with van der Waals surface area (Å²) in [5.41, 5.74) is 2.16. The van der Waals surface area contributed by atoms with E-state index in [4.69, 9.17) is 23.5 Å². The number of anilines is 1. The van der Waals surface area contributed by atoms with Gasteiger partial charge < -0.3 is 28.2 Å². The minimum Gasteiger partial charge on any atom is -0.457 e. The topological polar surface area (TPSA) is 49.4 Å². The number of benzene rings is 2. The van der Waals surface area contributed by atoms with Gasteiger partial charge in [0.05, 0.1) is 17.8 Å². The normalized spacial score (nSPS) is 16.9. The second-order valence-electron chi connectivity index (χ2n) is 9.50. The zero-order valence-corrected chi connectivity index (χ0v) is 22.0. The molecule has 0 aliphatic carbocycles. The Balaban J connectivity index is 1.81. The van der Waals surface area contributed by atoms with E-state index in [9.17, 15) is 0 Å². The minimum absolute atomic E-state index is 0.229. The lowest BCUT2D eigenvalue weighted by molar-refractivity contribution is -0.0570. The van der Waals surface area contributed by atoms with Crippen LogP contribution in [0.25, 0.3) is 0 Å². The zero-order valence-electron chi connectivity index (χ0n) is 20.9. The van der Waals surface area contributed by atoms with Gasteiger partial charge in [-0.05, 0) is 105 Å². The van der Waals surface area contributed by atoms with Gasteiger partial charge >= 0.3 is 7.12 Å². The monoisotopic (exact) mass is 473 g/mol. The van der Waals surface area contributed by atoms with Gasteiger partial charge in [-0.3, -0.25) is 0 Å². The smallest absolute Gasteiger partial charge is 0.457 e. The van der Waals surface area contributed by atoms with Crippen LogP contribution in [-0.4, -0.2) is 37.8 Å². The molecule has 1 aliphatic heterocycles. The van der Waals surface area contributed by atoms with E-state index in [2.05, 4.69) is 55.6 Å². The van der Waals surface area contributed by atoms with Gasteiger partial charge in [-0.25, -0.2) is 0 Å². The van der Waals surface area contributed by atoms with Gasteiger partial charge in [0, 0.05) is 18.3 Å². The zero-order chi connectivity index (χ0) is 24.2. The maximum Gasteiger partial charge on any atom is 0.495 e. The Morgan fingerprint density at radius 1 is 0.939 bits per heavy atom. The van der Waals surface area contributed by atoms with Crippen molar-refractivity contribution in [2.45, 2.75) is 72.3 Å². The fourth-order valence-electron chi connectivity index (χ4n) is 3.38. The maximum atomic E-state index is 6.27. The van der Waals surface area contributed by atoms with Crippen LogP contribution in [0.5, 0.6) is 11.5 Å². The molecule has 1 fully saturated rings. The van der Waals surface area contributed by atoms with E-state index < -0.39 is 18.3 Å². The molecule has 0 amide bonds. The van der Waals surface area contributed by atoms with Crippen molar-refractivity contribution in [3.05, 3.63) is 48.0 Å². The molecule has 0 aromatic heterocycles. The molecule has 8 heteroatoms. The predicted molar refractivity (Wildman–Crippen MR) is 137 cm³/mol. The molecule has 2 aromatic carbocycles. The quantitative estimate of drug-likeness (QED) is 0.202. The Hall–Kier alpha value is -1.63. The summed E-state index contributed by atoms with van der Waals surface area (Å²) in [4.78, 5) is 0. The molecule has 1 saturated heterocycles. The number of nitrogens with zero attached hydrogens (tertiary/aromatic N) is 1. The summed E-state index contributed by atoms with van der Waals surface area (Å²) in [7, 11) is 2.28. The molecule has 6 nitrogen and oxygen atoms in total. The molecule has 180 valence electrons. The number of ether oxygens (including phenoxy) is 3. The molecular formula is C25H37BNO5P. The fraction of sp³-hybridized carbons (Fsp3) is 0.520. The molecular weight excluding hydrogens is 436 g/mol. The predicted octanol–water partition coefficient (Wildman–Crippen LogP) is 5.29. The first-order chi connectivity index (χ1) is 15.5. The molecule has 0 radical (unpaired) electrons. The van der Waals surface area contributed by atoms with E-state index in [0.29, 0.717) is 19.3 Å². The molecule has 2 aromatic rings. The molecule has 1 unspecified atom stereocenters. The molecule has 3 rings (SSSR count). The number of hydrogen-bond donors (Lipinski definition) is 0. The summed E-state index contributed by atoms with van der Waals surface area (Å²) in [6.07, 6.45) is 0. The summed E-state index contributed by atoms with van der Waals surface area (Å²) in [6, 6.07) is 14.4. The molecule has 33 heavy (non-hydrogen) atoms. The van der Waals surface area contributed by atoms with Crippen LogP contribution >= 0.6 is 9.39 Å². The van der Waals surface area contributed by atoms with Crippen molar-refractivity contribution in [1.82, 2.24) is 0 Å². The van der Waals surface area contributed by atoms with Gasteiger partial charge in [-0.1, -0.05) is 6.07 Å². The van der Waals surface area contributed by atoms with E-state index in [1.807, 2.05) is 49.4 Å². The van der Waals surface area contributed by atoms with Crippen LogP contribution in [0.15, 0.2) is 42.5 Å². The third-order valence-corrected chi connectivity index (χ3v) is 7.07. The van der Waals surface area contributed by atoms with Gasteiger partial charge in [0.25, 0.3) is 0 Å². The van der Waals surface area contributed by atoms with E-state index in [-0.39, 0.29) is 6.79 Å². The summed E-state index contributed by atoms with van der Waals surface area (Å²) in [6.45, 7) is 15.6. The Kier molecular flexibility index (Phi) is 8.47. The molecule has 1 aliphatic rings. The first-order valence-electron chi connectivity index (χ1n) is 11.5. The Bertz CT molecular complexity index is 904. The van der Waals surface area contributed by atoms with Crippen LogP contribution < -0.4 is 14.9 Å². The summed E-state index contributed by atoms with van der Waals surface area (Å²) in [5.74, 6) is 1.50. The lowest BCUT2D eigenvalue weighted by atomic mass is 9.76. The minimum atomic E-state index is -0.474. The molecule has 0 N–H and O–H groups in total. The van der Waals surface area contributed by atoms with Crippen molar-refractivity contribution in [3.8, 4) is 11.5 Å². The Morgan fingerprint density at radius 3 is 2.12 bits per heavy atom.